The first-order valence-corrected chi connectivity index (χ1v) is 10.7. The lowest BCUT2D eigenvalue weighted by Gasteiger charge is -2.35. The summed E-state index contributed by atoms with van der Waals surface area (Å²) in [6, 6.07) is 9.32. The Hall–Kier alpha value is -1.22. The molecule has 140 valence electrons. The van der Waals surface area contributed by atoms with Gasteiger partial charge in [-0.1, -0.05) is 30.3 Å². The Bertz CT molecular complexity index is 642. The van der Waals surface area contributed by atoms with Crippen molar-refractivity contribution in [3.63, 3.8) is 0 Å². The largest absolute Gasteiger partial charge is 0.362 e. The third-order valence-corrected chi connectivity index (χ3v) is 6.49. The van der Waals surface area contributed by atoms with Gasteiger partial charge in [-0.15, -0.1) is 0 Å². The van der Waals surface area contributed by atoms with E-state index in [-0.39, 0.29) is 5.75 Å². The maximum absolute atomic E-state index is 12.6. The maximum Gasteiger partial charge on any atom is 0.218 e. The van der Waals surface area contributed by atoms with Crippen molar-refractivity contribution in [2.75, 3.05) is 53.4 Å². The molecule has 0 radical (unpaired) electrons. The monoisotopic (exact) mass is 385 g/mol. The van der Waals surface area contributed by atoms with Gasteiger partial charge in [0, 0.05) is 39.1 Å². The molecule has 0 saturated carbocycles. The van der Waals surface area contributed by atoms with E-state index >= 15 is 0 Å². The fourth-order valence-corrected chi connectivity index (χ4v) is 4.60. The lowest BCUT2D eigenvalue weighted by atomic mass is 10.2. The predicted molar refractivity (Wildman–Crippen MR) is 105 cm³/mol. The second-order valence-corrected chi connectivity index (χ2v) is 9.03. The molecule has 2 rings (SSSR count). The van der Waals surface area contributed by atoms with Crippen molar-refractivity contribution < 1.29 is 13.3 Å². The summed E-state index contributed by atoms with van der Waals surface area (Å²) >= 11 is 5.43. The molecule has 6 nitrogen and oxygen atoms in total. The average molecular weight is 386 g/mol. The van der Waals surface area contributed by atoms with E-state index in [1.165, 1.54) is 4.90 Å². The number of hydrogen-bond acceptors (Lipinski definition) is 3. The number of sulfonamides is 1. The first-order chi connectivity index (χ1) is 11.9. The summed E-state index contributed by atoms with van der Waals surface area (Å²) < 4.78 is 26.7. The second-order valence-electron chi connectivity index (χ2n) is 6.67. The summed E-state index contributed by atoms with van der Waals surface area (Å²) in [5.41, 5.74) is 0.824. The van der Waals surface area contributed by atoms with E-state index < -0.39 is 10.0 Å². The fraction of sp³-hybridized carbons (Fsp3) is 0.588. The summed E-state index contributed by atoms with van der Waals surface area (Å²) in [6.45, 7) is 4.20. The number of hydrogen-bond donors (Lipinski definition) is 2. The molecule has 0 amide bonds. The van der Waals surface area contributed by atoms with E-state index in [1.54, 1.807) is 4.31 Å². The van der Waals surface area contributed by atoms with E-state index in [0.29, 0.717) is 26.2 Å². The number of rotatable bonds is 7. The molecule has 1 aromatic carbocycles. The summed E-state index contributed by atoms with van der Waals surface area (Å²) in [4.78, 5) is 3.48. The molecule has 1 aromatic rings. The molecule has 1 fully saturated rings. The number of piperazine rings is 1. The van der Waals surface area contributed by atoms with Crippen LogP contribution in [0.15, 0.2) is 30.3 Å². The zero-order valence-electron chi connectivity index (χ0n) is 15.1. The molecule has 0 spiro atoms. The predicted octanol–water partition coefficient (Wildman–Crippen LogP) is -0.457. The van der Waals surface area contributed by atoms with Crippen LogP contribution in [0.1, 0.15) is 12.0 Å². The molecular formula is C17H29N4O2S2+. The van der Waals surface area contributed by atoms with Crippen LogP contribution in [-0.4, -0.2) is 76.1 Å². The Morgan fingerprint density at radius 1 is 1.16 bits per heavy atom. The molecule has 0 bridgehead atoms. The Kier molecular flexibility index (Phi) is 7.61. The Morgan fingerprint density at radius 2 is 1.80 bits per heavy atom. The quantitative estimate of drug-likeness (QED) is 0.492. The minimum absolute atomic E-state index is 0.0589. The first-order valence-electron chi connectivity index (χ1n) is 8.72. The van der Waals surface area contributed by atoms with Gasteiger partial charge in [-0.2, -0.15) is 4.31 Å². The number of nitrogens with zero attached hydrogens (tertiary/aromatic N) is 2. The van der Waals surface area contributed by atoms with Crippen molar-refractivity contribution in [1.29, 1.82) is 0 Å². The molecule has 1 aliphatic rings. The highest BCUT2D eigenvalue weighted by Gasteiger charge is 2.27. The number of thiocarbonyl (C=S) groups is 1. The zero-order chi connectivity index (χ0) is 18.3. The maximum atomic E-state index is 12.6. The molecule has 1 saturated heterocycles. The zero-order valence-corrected chi connectivity index (χ0v) is 16.7. The lowest BCUT2D eigenvalue weighted by Crippen LogP contribution is -3.05. The van der Waals surface area contributed by atoms with Gasteiger partial charge in [-0.05, 0) is 17.8 Å². The van der Waals surface area contributed by atoms with Crippen LogP contribution < -0.4 is 10.2 Å². The normalized spacial score (nSPS) is 16.2. The van der Waals surface area contributed by atoms with Crippen molar-refractivity contribution in [3.8, 4) is 0 Å². The van der Waals surface area contributed by atoms with Crippen LogP contribution in [0.25, 0.3) is 0 Å². The number of benzene rings is 1. The highest BCUT2D eigenvalue weighted by Crippen LogP contribution is 2.13. The van der Waals surface area contributed by atoms with Crippen molar-refractivity contribution in [1.82, 2.24) is 14.5 Å². The van der Waals surface area contributed by atoms with Crippen molar-refractivity contribution in [2.45, 2.75) is 12.2 Å². The van der Waals surface area contributed by atoms with Gasteiger partial charge in [0.25, 0.3) is 0 Å². The highest BCUT2D eigenvalue weighted by atomic mass is 32.2. The molecule has 8 heteroatoms. The van der Waals surface area contributed by atoms with Gasteiger partial charge in [-0.25, -0.2) is 8.42 Å². The van der Waals surface area contributed by atoms with Gasteiger partial charge in [-0.3, -0.25) is 0 Å². The van der Waals surface area contributed by atoms with Gasteiger partial charge in [0.05, 0.1) is 26.4 Å². The highest BCUT2D eigenvalue weighted by molar-refractivity contribution is 7.88. The molecule has 0 unspecified atom stereocenters. The standard InChI is InChI=1S/C17H28N4O2S2/c1-19(2)10-6-9-18-17(24)20-11-13-21(14-12-20)25(22,23)15-16-7-4-3-5-8-16/h3-5,7-8H,6,9-15H2,1-2H3,(H,18,24)/p+1. The van der Waals surface area contributed by atoms with Crippen molar-refractivity contribution in [3.05, 3.63) is 35.9 Å². The van der Waals surface area contributed by atoms with Crippen molar-refractivity contribution in [2.24, 2.45) is 0 Å². The van der Waals surface area contributed by atoms with E-state index in [4.69, 9.17) is 12.2 Å². The Morgan fingerprint density at radius 3 is 2.40 bits per heavy atom. The summed E-state index contributed by atoms with van der Waals surface area (Å²) in [7, 11) is 0.989. The van der Waals surface area contributed by atoms with Gasteiger partial charge in [0.1, 0.15) is 0 Å². The molecule has 2 N–H and O–H groups in total. The average Bonchev–Trinajstić information content (AvgIpc) is 2.59. The molecule has 0 aliphatic carbocycles. The number of quaternary nitrogens is 1. The van der Waals surface area contributed by atoms with E-state index in [1.807, 2.05) is 30.3 Å². The van der Waals surface area contributed by atoms with Crippen LogP contribution in [0.2, 0.25) is 0 Å². The van der Waals surface area contributed by atoms with Crippen LogP contribution in [0.3, 0.4) is 0 Å². The summed E-state index contributed by atoms with van der Waals surface area (Å²) in [5.74, 6) is 0.0589. The summed E-state index contributed by atoms with van der Waals surface area (Å²) in [6.07, 6.45) is 1.06. The van der Waals surface area contributed by atoms with Gasteiger partial charge in [0.2, 0.25) is 10.0 Å². The van der Waals surface area contributed by atoms with Crippen molar-refractivity contribution >= 4 is 27.4 Å². The molecule has 1 aliphatic heterocycles. The van der Waals surface area contributed by atoms with Crippen LogP contribution in [-0.2, 0) is 15.8 Å². The first kappa shape index (κ1) is 20.1. The molecule has 1 heterocycles. The van der Waals surface area contributed by atoms with Gasteiger partial charge in [0.15, 0.2) is 5.11 Å². The lowest BCUT2D eigenvalue weighted by molar-refractivity contribution is -0.858. The second kappa shape index (κ2) is 9.47. The van der Waals surface area contributed by atoms with Crippen LogP contribution in [0.4, 0.5) is 0 Å². The Balaban J connectivity index is 1.77. The molecular weight excluding hydrogens is 356 g/mol. The smallest absolute Gasteiger partial charge is 0.218 e. The fourth-order valence-electron chi connectivity index (χ4n) is 2.79. The van der Waals surface area contributed by atoms with Crippen LogP contribution >= 0.6 is 12.2 Å². The topological polar surface area (TPSA) is 57.1 Å². The third-order valence-electron chi connectivity index (χ3n) is 4.24. The van der Waals surface area contributed by atoms with Gasteiger partial charge < -0.3 is 15.1 Å². The van der Waals surface area contributed by atoms with E-state index in [2.05, 4.69) is 24.3 Å². The SMILES string of the molecule is C[NH+](C)CCCNC(=S)N1CCN(S(=O)(=O)Cc2ccccc2)CC1. The summed E-state index contributed by atoms with van der Waals surface area (Å²) in [5, 5.41) is 4.01. The van der Waals surface area contributed by atoms with E-state index in [9.17, 15) is 8.42 Å². The van der Waals surface area contributed by atoms with Gasteiger partial charge >= 0.3 is 0 Å². The third kappa shape index (κ3) is 6.54. The molecule has 0 atom stereocenters. The molecule has 25 heavy (non-hydrogen) atoms. The minimum atomic E-state index is -3.28. The van der Waals surface area contributed by atoms with Crippen LogP contribution in [0, 0.1) is 0 Å². The Labute approximate surface area is 156 Å². The number of nitrogens with one attached hydrogen (secondary N) is 2. The van der Waals surface area contributed by atoms with E-state index in [0.717, 1.165) is 30.2 Å². The van der Waals surface area contributed by atoms with Crippen LogP contribution in [0.5, 0.6) is 0 Å². The molecule has 0 aromatic heterocycles. The minimum Gasteiger partial charge on any atom is -0.362 e.